The molecule has 7 nitrogen and oxygen atoms in total. The van der Waals surface area contributed by atoms with Crippen LogP contribution < -0.4 is 9.62 Å². The van der Waals surface area contributed by atoms with E-state index in [4.69, 9.17) is 11.6 Å². The van der Waals surface area contributed by atoms with Gasteiger partial charge in [-0.1, -0.05) is 35.9 Å². The van der Waals surface area contributed by atoms with Crippen molar-refractivity contribution in [1.82, 2.24) is 10.2 Å². The predicted molar refractivity (Wildman–Crippen MR) is 109 cm³/mol. The maximum atomic E-state index is 13.3. The van der Waals surface area contributed by atoms with E-state index in [9.17, 15) is 13.2 Å². The van der Waals surface area contributed by atoms with Crippen LogP contribution >= 0.6 is 11.6 Å². The lowest BCUT2D eigenvalue weighted by atomic mass is 10.2. The second-order valence-electron chi connectivity index (χ2n) is 5.73. The van der Waals surface area contributed by atoms with Crippen molar-refractivity contribution in [2.45, 2.75) is 4.90 Å². The summed E-state index contributed by atoms with van der Waals surface area (Å²) in [6.45, 7) is 3.68. The molecule has 1 aromatic heterocycles. The number of hydrogen-bond donors (Lipinski definition) is 2. The molecule has 0 bridgehead atoms. The van der Waals surface area contributed by atoms with E-state index in [1.807, 2.05) is 0 Å². The number of nitrogens with one attached hydrogen (secondary N) is 2. The normalized spacial score (nSPS) is 11.0. The van der Waals surface area contributed by atoms with E-state index in [0.29, 0.717) is 11.5 Å². The molecule has 144 valence electrons. The lowest BCUT2D eigenvalue weighted by Crippen LogP contribution is -2.31. The largest absolute Gasteiger partial charge is 0.307 e. The Kier molecular flexibility index (Phi) is 5.81. The number of para-hydroxylation sites is 1. The summed E-state index contributed by atoms with van der Waals surface area (Å²) in [4.78, 5) is 12.3. The van der Waals surface area contributed by atoms with Crippen molar-refractivity contribution in [2.24, 2.45) is 0 Å². The molecule has 0 aliphatic heterocycles. The van der Waals surface area contributed by atoms with Crippen LogP contribution in [0.5, 0.6) is 0 Å². The van der Waals surface area contributed by atoms with Gasteiger partial charge in [0.05, 0.1) is 23.5 Å². The quantitative estimate of drug-likeness (QED) is 0.574. The molecule has 0 radical (unpaired) electrons. The number of aromatic amines is 1. The minimum absolute atomic E-state index is 0.0167. The highest BCUT2D eigenvalue weighted by Gasteiger charge is 2.27. The van der Waals surface area contributed by atoms with E-state index >= 15 is 0 Å². The molecule has 3 rings (SSSR count). The lowest BCUT2D eigenvalue weighted by Gasteiger charge is -2.24. The van der Waals surface area contributed by atoms with E-state index in [2.05, 4.69) is 22.1 Å². The molecule has 0 aliphatic carbocycles. The van der Waals surface area contributed by atoms with Gasteiger partial charge in [0.25, 0.3) is 15.9 Å². The number of benzene rings is 2. The molecule has 1 heterocycles. The number of amides is 1. The van der Waals surface area contributed by atoms with E-state index < -0.39 is 15.9 Å². The van der Waals surface area contributed by atoms with Gasteiger partial charge in [-0.2, -0.15) is 5.10 Å². The van der Waals surface area contributed by atoms with Crippen LogP contribution in [-0.2, 0) is 10.0 Å². The number of carbonyl (C=O) groups is 1. The van der Waals surface area contributed by atoms with Crippen LogP contribution in [0.3, 0.4) is 0 Å². The third-order valence-corrected chi connectivity index (χ3v) is 6.12. The summed E-state index contributed by atoms with van der Waals surface area (Å²) in [5.41, 5.74) is 0.606. The SMILES string of the molecule is C=CCN(c1ccccc1)S(=O)(=O)c1cc(C(=O)Nc2ccn[nH]2)ccc1Cl. The van der Waals surface area contributed by atoms with Gasteiger partial charge >= 0.3 is 0 Å². The minimum Gasteiger partial charge on any atom is -0.307 e. The molecule has 3 aromatic rings. The summed E-state index contributed by atoms with van der Waals surface area (Å²) in [5.74, 6) is -0.103. The Hall–Kier alpha value is -3.10. The number of carbonyl (C=O) groups excluding carboxylic acids is 1. The van der Waals surface area contributed by atoms with Crippen molar-refractivity contribution >= 4 is 39.0 Å². The van der Waals surface area contributed by atoms with Crippen LogP contribution in [-0.4, -0.2) is 31.1 Å². The monoisotopic (exact) mass is 416 g/mol. The molecule has 2 N–H and O–H groups in total. The molecular formula is C19H17ClN4O3S. The van der Waals surface area contributed by atoms with E-state index in [1.54, 1.807) is 36.4 Å². The minimum atomic E-state index is -4.04. The van der Waals surface area contributed by atoms with E-state index in [0.717, 1.165) is 0 Å². The van der Waals surface area contributed by atoms with Gasteiger partial charge in [-0.25, -0.2) is 8.42 Å². The Morgan fingerprint density at radius 1 is 1.21 bits per heavy atom. The second kappa shape index (κ2) is 8.28. The van der Waals surface area contributed by atoms with Gasteiger partial charge in [0, 0.05) is 11.6 Å². The Labute approximate surface area is 167 Å². The van der Waals surface area contributed by atoms with Crippen molar-refractivity contribution in [3.8, 4) is 0 Å². The Morgan fingerprint density at radius 3 is 2.61 bits per heavy atom. The Bertz CT molecular complexity index is 1080. The van der Waals surface area contributed by atoms with Gasteiger partial charge in [0.2, 0.25) is 0 Å². The van der Waals surface area contributed by atoms with Crippen LogP contribution in [0.15, 0.2) is 78.3 Å². The first kappa shape index (κ1) is 19.7. The molecule has 2 aromatic carbocycles. The van der Waals surface area contributed by atoms with Gasteiger partial charge in [-0.3, -0.25) is 14.2 Å². The summed E-state index contributed by atoms with van der Waals surface area (Å²) in [6.07, 6.45) is 2.97. The maximum absolute atomic E-state index is 13.3. The standard InChI is InChI=1S/C19H17ClN4O3S/c1-2-12-24(15-6-4-3-5-7-15)28(26,27)17-13-14(8-9-16(17)20)19(25)22-18-10-11-21-23-18/h2-11,13H,1,12H2,(H2,21,22,23,25). The number of rotatable bonds is 7. The highest BCUT2D eigenvalue weighted by Crippen LogP contribution is 2.29. The molecule has 0 fully saturated rings. The smallest absolute Gasteiger partial charge is 0.266 e. The summed E-state index contributed by atoms with van der Waals surface area (Å²) in [6, 6.07) is 14.3. The molecule has 0 saturated carbocycles. The van der Waals surface area contributed by atoms with Crippen LogP contribution in [0.2, 0.25) is 5.02 Å². The van der Waals surface area contributed by atoms with Crippen molar-refractivity contribution in [2.75, 3.05) is 16.2 Å². The van der Waals surface area contributed by atoms with Crippen LogP contribution in [0.1, 0.15) is 10.4 Å². The lowest BCUT2D eigenvalue weighted by molar-refractivity contribution is 0.102. The van der Waals surface area contributed by atoms with Crippen molar-refractivity contribution < 1.29 is 13.2 Å². The fraction of sp³-hybridized carbons (Fsp3) is 0.0526. The Morgan fingerprint density at radius 2 is 1.96 bits per heavy atom. The molecule has 1 amide bonds. The topological polar surface area (TPSA) is 95.2 Å². The number of H-pyrrole nitrogens is 1. The third-order valence-electron chi connectivity index (χ3n) is 3.85. The first-order chi connectivity index (χ1) is 13.4. The summed E-state index contributed by atoms with van der Waals surface area (Å²) >= 11 is 6.18. The first-order valence-electron chi connectivity index (χ1n) is 8.22. The van der Waals surface area contributed by atoms with Crippen molar-refractivity contribution in [3.05, 3.63) is 84.0 Å². The zero-order valence-corrected chi connectivity index (χ0v) is 16.2. The zero-order valence-electron chi connectivity index (χ0n) is 14.7. The van der Waals surface area contributed by atoms with Crippen LogP contribution in [0.25, 0.3) is 0 Å². The number of hydrogen-bond acceptors (Lipinski definition) is 4. The molecule has 0 unspecified atom stereocenters. The fourth-order valence-electron chi connectivity index (χ4n) is 2.53. The van der Waals surface area contributed by atoms with Gasteiger partial charge in [0.15, 0.2) is 0 Å². The van der Waals surface area contributed by atoms with Gasteiger partial charge in [-0.15, -0.1) is 6.58 Å². The molecule has 0 saturated heterocycles. The van der Waals surface area contributed by atoms with Crippen molar-refractivity contribution in [1.29, 1.82) is 0 Å². The zero-order chi connectivity index (χ0) is 20.1. The molecule has 9 heteroatoms. The average molecular weight is 417 g/mol. The number of nitrogens with zero attached hydrogens (tertiary/aromatic N) is 2. The van der Waals surface area contributed by atoms with Crippen LogP contribution in [0.4, 0.5) is 11.5 Å². The molecule has 0 atom stereocenters. The number of sulfonamides is 1. The molecule has 0 spiro atoms. The van der Waals surface area contributed by atoms with Gasteiger partial charge in [-0.05, 0) is 30.3 Å². The number of anilines is 2. The van der Waals surface area contributed by atoms with Crippen molar-refractivity contribution in [3.63, 3.8) is 0 Å². The third kappa shape index (κ3) is 4.08. The summed E-state index contributed by atoms with van der Waals surface area (Å²) in [5, 5.41) is 8.96. The molecular weight excluding hydrogens is 400 g/mol. The predicted octanol–water partition coefficient (Wildman–Crippen LogP) is 3.70. The van der Waals surface area contributed by atoms with Gasteiger partial charge < -0.3 is 5.32 Å². The maximum Gasteiger partial charge on any atom is 0.266 e. The Balaban J connectivity index is 2.00. The van der Waals surface area contributed by atoms with E-state index in [-0.39, 0.29) is 22.0 Å². The second-order valence-corrected chi connectivity index (χ2v) is 7.97. The van der Waals surface area contributed by atoms with E-state index in [1.165, 1.54) is 34.8 Å². The summed E-state index contributed by atoms with van der Waals surface area (Å²) < 4.78 is 27.7. The fourth-order valence-corrected chi connectivity index (χ4v) is 4.47. The van der Waals surface area contributed by atoms with Gasteiger partial charge in [0.1, 0.15) is 10.7 Å². The number of aromatic nitrogens is 2. The number of halogens is 1. The highest BCUT2D eigenvalue weighted by atomic mass is 35.5. The average Bonchev–Trinajstić information content (AvgIpc) is 3.19. The molecule has 0 aliphatic rings. The first-order valence-corrected chi connectivity index (χ1v) is 10.0. The molecule has 28 heavy (non-hydrogen) atoms. The van der Waals surface area contributed by atoms with Crippen LogP contribution in [0, 0.1) is 0 Å². The summed E-state index contributed by atoms with van der Waals surface area (Å²) in [7, 11) is -4.04. The highest BCUT2D eigenvalue weighted by molar-refractivity contribution is 7.93.